The Morgan fingerprint density at radius 2 is 1.68 bits per heavy atom. The number of rotatable bonds is 4. The molecular weight excluding hydrogens is 251 g/mol. The molecule has 0 radical (unpaired) electrons. The quantitative estimate of drug-likeness (QED) is 0.853. The van der Waals surface area contributed by atoms with E-state index in [1.807, 2.05) is 0 Å². The van der Waals surface area contributed by atoms with Crippen LogP contribution in [-0.2, 0) is 12.7 Å². The predicted molar refractivity (Wildman–Crippen MR) is 71.8 cm³/mol. The highest BCUT2D eigenvalue weighted by Crippen LogP contribution is 2.32. The normalized spacial score (nSPS) is 14.5. The van der Waals surface area contributed by atoms with Crippen LogP contribution in [0.2, 0.25) is 0 Å². The molecule has 0 aliphatic carbocycles. The summed E-state index contributed by atoms with van der Waals surface area (Å²) in [6, 6.07) is 5.71. The molecule has 108 valence electrons. The summed E-state index contributed by atoms with van der Waals surface area (Å²) >= 11 is 0. The molecule has 0 spiro atoms. The molecule has 0 fully saturated rings. The molecule has 0 saturated heterocycles. The zero-order valence-electron chi connectivity index (χ0n) is 11.9. The molecule has 4 heteroatoms. The molecule has 0 amide bonds. The second-order valence-corrected chi connectivity index (χ2v) is 6.05. The summed E-state index contributed by atoms with van der Waals surface area (Å²) in [5, 5.41) is 3.12. The molecule has 0 aliphatic heterocycles. The summed E-state index contributed by atoms with van der Waals surface area (Å²) in [4.78, 5) is 0. The van der Waals surface area contributed by atoms with Crippen LogP contribution >= 0.6 is 0 Å². The van der Waals surface area contributed by atoms with E-state index in [-0.39, 0.29) is 12.0 Å². The summed E-state index contributed by atoms with van der Waals surface area (Å²) in [7, 11) is 0. The number of hydrogen-bond donors (Lipinski definition) is 1. The first-order chi connectivity index (χ1) is 8.62. The van der Waals surface area contributed by atoms with E-state index in [1.54, 1.807) is 6.07 Å². The Kier molecular flexibility index (Phi) is 5.02. The molecule has 1 aromatic rings. The molecular formula is C15H22F3N. The lowest BCUT2D eigenvalue weighted by molar-refractivity contribution is -0.138. The fourth-order valence-corrected chi connectivity index (χ4v) is 1.68. The van der Waals surface area contributed by atoms with E-state index in [2.05, 4.69) is 33.0 Å². The number of alkyl halides is 3. The molecule has 0 saturated carbocycles. The maximum absolute atomic E-state index is 12.8. The largest absolute Gasteiger partial charge is 0.416 e. The van der Waals surface area contributed by atoms with Gasteiger partial charge < -0.3 is 5.32 Å². The van der Waals surface area contributed by atoms with Crippen LogP contribution in [0, 0.1) is 11.3 Å². The van der Waals surface area contributed by atoms with Gasteiger partial charge in [0, 0.05) is 6.54 Å². The SMILES string of the molecule is CC(CNCc1ccccc1C(F)(F)F)C(C)(C)C. The summed E-state index contributed by atoms with van der Waals surface area (Å²) in [5.74, 6) is 0.394. The van der Waals surface area contributed by atoms with Gasteiger partial charge in [0.1, 0.15) is 0 Å². The van der Waals surface area contributed by atoms with Crippen LogP contribution in [0.1, 0.15) is 38.8 Å². The predicted octanol–water partition coefficient (Wildman–Crippen LogP) is 4.48. The molecule has 0 heterocycles. The molecule has 19 heavy (non-hydrogen) atoms. The van der Waals surface area contributed by atoms with Crippen LogP contribution in [0.4, 0.5) is 13.2 Å². The Morgan fingerprint density at radius 1 is 1.11 bits per heavy atom. The van der Waals surface area contributed by atoms with Crippen LogP contribution in [0.15, 0.2) is 24.3 Å². The zero-order chi connectivity index (χ0) is 14.7. The van der Waals surface area contributed by atoms with E-state index in [9.17, 15) is 13.2 Å². The lowest BCUT2D eigenvalue weighted by atomic mass is 9.82. The van der Waals surface area contributed by atoms with Crippen molar-refractivity contribution in [2.45, 2.75) is 40.4 Å². The summed E-state index contributed by atoms with van der Waals surface area (Å²) in [6.45, 7) is 9.43. The Hall–Kier alpha value is -1.03. The van der Waals surface area contributed by atoms with Gasteiger partial charge in [-0.05, 0) is 29.5 Å². The summed E-state index contributed by atoms with van der Waals surface area (Å²) in [5.41, 5.74) is -0.0988. The van der Waals surface area contributed by atoms with E-state index >= 15 is 0 Å². The molecule has 1 nitrogen and oxygen atoms in total. The van der Waals surface area contributed by atoms with Gasteiger partial charge in [0.05, 0.1) is 5.56 Å². The molecule has 0 aliphatic rings. The van der Waals surface area contributed by atoms with Crippen molar-refractivity contribution in [2.75, 3.05) is 6.54 Å². The van der Waals surface area contributed by atoms with Crippen molar-refractivity contribution in [1.82, 2.24) is 5.32 Å². The Bertz CT molecular complexity index is 405. The third-order valence-electron chi connectivity index (χ3n) is 3.57. The molecule has 0 bridgehead atoms. The Balaban J connectivity index is 2.64. The minimum absolute atomic E-state index is 0.149. The molecule has 1 atom stereocenters. The van der Waals surface area contributed by atoms with Gasteiger partial charge in [-0.3, -0.25) is 0 Å². The first-order valence-corrected chi connectivity index (χ1v) is 6.48. The van der Waals surface area contributed by atoms with Crippen LogP contribution in [0.5, 0.6) is 0 Å². The van der Waals surface area contributed by atoms with Crippen LogP contribution in [0.25, 0.3) is 0 Å². The van der Waals surface area contributed by atoms with Crippen molar-refractivity contribution < 1.29 is 13.2 Å². The van der Waals surface area contributed by atoms with Crippen molar-refractivity contribution in [3.8, 4) is 0 Å². The molecule has 1 rings (SSSR count). The van der Waals surface area contributed by atoms with Crippen molar-refractivity contribution in [3.05, 3.63) is 35.4 Å². The Morgan fingerprint density at radius 3 is 2.21 bits per heavy atom. The number of hydrogen-bond acceptors (Lipinski definition) is 1. The third kappa shape index (κ3) is 4.86. The monoisotopic (exact) mass is 273 g/mol. The van der Waals surface area contributed by atoms with Crippen LogP contribution < -0.4 is 5.32 Å². The molecule has 1 aromatic carbocycles. The molecule has 1 N–H and O–H groups in total. The van der Waals surface area contributed by atoms with Gasteiger partial charge in [0.2, 0.25) is 0 Å². The highest BCUT2D eigenvalue weighted by Gasteiger charge is 2.32. The number of benzene rings is 1. The van der Waals surface area contributed by atoms with E-state index in [1.165, 1.54) is 12.1 Å². The zero-order valence-corrected chi connectivity index (χ0v) is 11.9. The van der Waals surface area contributed by atoms with E-state index in [0.717, 1.165) is 6.07 Å². The first kappa shape index (κ1) is 16.0. The van der Waals surface area contributed by atoms with Gasteiger partial charge in [-0.1, -0.05) is 45.9 Å². The van der Waals surface area contributed by atoms with Gasteiger partial charge in [-0.15, -0.1) is 0 Å². The summed E-state index contributed by atoms with van der Waals surface area (Å²) < 4.78 is 38.4. The summed E-state index contributed by atoms with van der Waals surface area (Å²) in [6.07, 6.45) is -4.28. The molecule has 0 aromatic heterocycles. The van der Waals surface area contributed by atoms with Gasteiger partial charge in [-0.25, -0.2) is 0 Å². The Labute approximate surface area is 113 Å². The smallest absolute Gasteiger partial charge is 0.312 e. The first-order valence-electron chi connectivity index (χ1n) is 6.48. The van der Waals surface area contributed by atoms with Gasteiger partial charge >= 0.3 is 6.18 Å². The average Bonchev–Trinajstić information content (AvgIpc) is 2.27. The topological polar surface area (TPSA) is 12.0 Å². The number of nitrogens with one attached hydrogen (secondary N) is 1. The highest BCUT2D eigenvalue weighted by atomic mass is 19.4. The minimum atomic E-state index is -4.28. The standard InChI is InChI=1S/C15H22F3N/c1-11(14(2,3)4)9-19-10-12-7-5-6-8-13(12)15(16,17)18/h5-8,11,19H,9-10H2,1-4H3. The highest BCUT2D eigenvalue weighted by molar-refractivity contribution is 5.29. The lowest BCUT2D eigenvalue weighted by Gasteiger charge is -2.27. The van der Waals surface area contributed by atoms with Crippen LogP contribution in [0.3, 0.4) is 0 Å². The maximum atomic E-state index is 12.8. The van der Waals surface area contributed by atoms with Crippen molar-refractivity contribution in [1.29, 1.82) is 0 Å². The van der Waals surface area contributed by atoms with Crippen molar-refractivity contribution in [2.24, 2.45) is 11.3 Å². The fraction of sp³-hybridized carbons (Fsp3) is 0.600. The van der Waals surface area contributed by atoms with Gasteiger partial charge in [-0.2, -0.15) is 13.2 Å². The second-order valence-electron chi connectivity index (χ2n) is 6.05. The maximum Gasteiger partial charge on any atom is 0.416 e. The fourth-order valence-electron chi connectivity index (χ4n) is 1.68. The lowest BCUT2D eigenvalue weighted by Crippen LogP contribution is -2.30. The van der Waals surface area contributed by atoms with Gasteiger partial charge in [0.15, 0.2) is 0 Å². The van der Waals surface area contributed by atoms with Crippen molar-refractivity contribution in [3.63, 3.8) is 0 Å². The molecule has 1 unspecified atom stereocenters. The van der Waals surface area contributed by atoms with E-state index in [4.69, 9.17) is 0 Å². The number of halogens is 3. The average molecular weight is 273 g/mol. The second kappa shape index (κ2) is 5.95. The minimum Gasteiger partial charge on any atom is -0.312 e. The van der Waals surface area contributed by atoms with Gasteiger partial charge in [0.25, 0.3) is 0 Å². The van der Waals surface area contributed by atoms with E-state index < -0.39 is 11.7 Å². The third-order valence-corrected chi connectivity index (χ3v) is 3.57. The van der Waals surface area contributed by atoms with Crippen molar-refractivity contribution >= 4 is 0 Å². The van der Waals surface area contributed by atoms with E-state index in [0.29, 0.717) is 18.0 Å². The van der Waals surface area contributed by atoms with Crippen LogP contribution in [-0.4, -0.2) is 6.54 Å².